The first kappa shape index (κ1) is 14.5. The Morgan fingerprint density at radius 3 is 2.42 bits per heavy atom. The highest BCUT2D eigenvalue weighted by atomic mass is 16.5. The second-order valence-corrected chi connectivity index (χ2v) is 6.10. The van der Waals surface area contributed by atoms with E-state index < -0.39 is 6.10 Å². The molecule has 1 aliphatic rings. The van der Waals surface area contributed by atoms with Gasteiger partial charge < -0.3 is 9.63 Å². The van der Waals surface area contributed by atoms with Crippen molar-refractivity contribution in [3.63, 3.8) is 0 Å². The molecule has 0 radical (unpaired) electrons. The summed E-state index contributed by atoms with van der Waals surface area (Å²) < 4.78 is 5.29. The quantitative estimate of drug-likeness (QED) is 0.906. The molecule has 1 fully saturated rings. The fourth-order valence-electron chi connectivity index (χ4n) is 2.65. The minimum absolute atomic E-state index is 0.219. The van der Waals surface area contributed by atoms with Gasteiger partial charge in [0.25, 0.3) is 0 Å². The zero-order valence-electron chi connectivity index (χ0n) is 12.1. The van der Waals surface area contributed by atoms with E-state index in [0.29, 0.717) is 18.2 Å². The lowest BCUT2D eigenvalue weighted by atomic mass is 9.91. The lowest BCUT2D eigenvalue weighted by molar-refractivity contribution is 0.116. The summed E-state index contributed by atoms with van der Waals surface area (Å²) in [5.74, 6) is 2.11. The minimum Gasteiger partial charge on any atom is -0.392 e. The number of rotatable bonds is 4. The van der Waals surface area contributed by atoms with Gasteiger partial charge in [0.1, 0.15) is 0 Å². The smallest absolute Gasteiger partial charge is 0.229 e. The normalized spacial score (nSPS) is 20.2. The molecule has 108 valence electrons. The molecule has 1 saturated carbocycles. The van der Waals surface area contributed by atoms with E-state index in [2.05, 4.69) is 10.1 Å². The van der Waals surface area contributed by atoms with E-state index in [-0.39, 0.29) is 5.92 Å². The molecule has 0 bridgehead atoms. The molecule has 19 heavy (non-hydrogen) atoms. The maximum absolute atomic E-state index is 9.85. The molecule has 4 heteroatoms. The summed E-state index contributed by atoms with van der Waals surface area (Å²) in [6, 6.07) is 0. The first-order valence-electron chi connectivity index (χ1n) is 7.67. The van der Waals surface area contributed by atoms with Crippen LogP contribution < -0.4 is 0 Å². The average molecular weight is 266 g/mol. The summed E-state index contributed by atoms with van der Waals surface area (Å²) in [6.07, 6.45) is 8.97. The predicted molar refractivity (Wildman–Crippen MR) is 73.9 cm³/mol. The molecule has 1 aromatic heterocycles. The van der Waals surface area contributed by atoms with Crippen molar-refractivity contribution in [3.05, 3.63) is 11.7 Å². The maximum Gasteiger partial charge on any atom is 0.229 e. The molecule has 1 aromatic rings. The molecule has 1 aliphatic carbocycles. The number of hydrogen-bond donors (Lipinski definition) is 1. The fourth-order valence-corrected chi connectivity index (χ4v) is 2.65. The Labute approximate surface area is 115 Å². The van der Waals surface area contributed by atoms with Gasteiger partial charge in [-0.15, -0.1) is 0 Å². The molecule has 1 unspecified atom stereocenters. The highest BCUT2D eigenvalue weighted by molar-refractivity contribution is 4.97. The Hall–Kier alpha value is -0.900. The maximum atomic E-state index is 9.85. The SMILES string of the molecule is CC(C)C(O)Cc1nc(C2CCCCCCC2)no1. The van der Waals surface area contributed by atoms with Gasteiger partial charge in [-0.25, -0.2) is 0 Å². The highest BCUT2D eigenvalue weighted by Crippen LogP contribution is 2.29. The summed E-state index contributed by atoms with van der Waals surface area (Å²) in [7, 11) is 0. The van der Waals surface area contributed by atoms with Gasteiger partial charge in [0, 0.05) is 5.92 Å². The third-order valence-corrected chi connectivity index (χ3v) is 4.11. The Bertz CT molecular complexity index is 368. The van der Waals surface area contributed by atoms with E-state index >= 15 is 0 Å². The number of aliphatic hydroxyl groups excluding tert-OH is 1. The monoisotopic (exact) mass is 266 g/mol. The molecule has 0 saturated heterocycles. The van der Waals surface area contributed by atoms with Crippen LogP contribution in [0.3, 0.4) is 0 Å². The molecule has 1 N–H and O–H groups in total. The lowest BCUT2D eigenvalue weighted by Crippen LogP contribution is -2.17. The van der Waals surface area contributed by atoms with E-state index in [1.807, 2.05) is 13.8 Å². The van der Waals surface area contributed by atoms with Crippen molar-refractivity contribution in [1.82, 2.24) is 10.1 Å². The second-order valence-electron chi connectivity index (χ2n) is 6.10. The topological polar surface area (TPSA) is 59.2 Å². The standard InChI is InChI=1S/C15H26N2O2/c1-11(2)13(18)10-14-16-15(17-19-14)12-8-6-4-3-5-7-9-12/h11-13,18H,3-10H2,1-2H3. The summed E-state index contributed by atoms with van der Waals surface area (Å²) in [5, 5.41) is 14.0. The summed E-state index contributed by atoms with van der Waals surface area (Å²) in [6.45, 7) is 3.99. The van der Waals surface area contributed by atoms with Crippen molar-refractivity contribution in [2.75, 3.05) is 0 Å². The molecular formula is C15H26N2O2. The van der Waals surface area contributed by atoms with Gasteiger partial charge in [-0.1, -0.05) is 51.1 Å². The Kier molecular flexibility index (Phi) is 5.37. The van der Waals surface area contributed by atoms with E-state index in [4.69, 9.17) is 4.52 Å². The van der Waals surface area contributed by atoms with E-state index in [9.17, 15) is 5.11 Å². The number of hydrogen-bond acceptors (Lipinski definition) is 4. The lowest BCUT2D eigenvalue weighted by Gasteiger charge is -2.15. The predicted octanol–water partition coefficient (Wildman–Crippen LogP) is 3.46. The van der Waals surface area contributed by atoms with E-state index in [1.54, 1.807) is 0 Å². The average Bonchev–Trinajstić information content (AvgIpc) is 2.76. The molecule has 0 amide bonds. The van der Waals surface area contributed by atoms with Crippen molar-refractivity contribution in [1.29, 1.82) is 0 Å². The van der Waals surface area contributed by atoms with Crippen molar-refractivity contribution >= 4 is 0 Å². The minimum atomic E-state index is -0.398. The second kappa shape index (κ2) is 7.04. The Morgan fingerprint density at radius 2 is 1.79 bits per heavy atom. The van der Waals surface area contributed by atoms with Crippen LogP contribution in [-0.2, 0) is 6.42 Å². The largest absolute Gasteiger partial charge is 0.392 e. The van der Waals surface area contributed by atoms with Crippen molar-refractivity contribution in [2.45, 2.75) is 77.2 Å². The zero-order chi connectivity index (χ0) is 13.7. The number of aliphatic hydroxyl groups is 1. The molecule has 1 heterocycles. The molecule has 0 spiro atoms. The van der Waals surface area contributed by atoms with Gasteiger partial charge in [-0.3, -0.25) is 0 Å². The zero-order valence-corrected chi connectivity index (χ0v) is 12.1. The van der Waals surface area contributed by atoms with Gasteiger partial charge in [-0.2, -0.15) is 4.98 Å². The van der Waals surface area contributed by atoms with Crippen molar-refractivity contribution < 1.29 is 9.63 Å². The van der Waals surface area contributed by atoms with Crippen molar-refractivity contribution in [2.24, 2.45) is 5.92 Å². The Morgan fingerprint density at radius 1 is 1.16 bits per heavy atom. The summed E-state index contributed by atoms with van der Waals surface area (Å²) in [4.78, 5) is 4.49. The molecular weight excluding hydrogens is 240 g/mol. The first-order chi connectivity index (χ1) is 9.16. The molecule has 2 rings (SSSR count). The molecule has 0 aromatic carbocycles. The molecule has 0 aliphatic heterocycles. The van der Waals surface area contributed by atoms with Gasteiger partial charge in [0.05, 0.1) is 12.5 Å². The van der Waals surface area contributed by atoms with E-state index in [0.717, 1.165) is 5.82 Å². The van der Waals surface area contributed by atoms with Gasteiger partial charge in [0.15, 0.2) is 5.82 Å². The third-order valence-electron chi connectivity index (χ3n) is 4.11. The van der Waals surface area contributed by atoms with Crippen LogP contribution in [0.1, 0.15) is 76.4 Å². The Balaban J connectivity index is 1.95. The van der Waals surface area contributed by atoms with E-state index in [1.165, 1.54) is 44.9 Å². The summed E-state index contributed by atoms with van der Waals surface area (Å²) >= 11 is 0. The van der Waals surface area contributed by atoms with Crippen LogP contribution >= 0.6 is 0 Å². The number of aromatic nitrogens is 2. The van der Waals surface area contributed by atoms with Gasteiger partial charge in [0.2, 0.25) is 5.89 Å². The van der Waals surface area contributed by atoms with Crippen LogP contribution in [0, 0.1) is 5.92 Å². The van der Waals surface area contributed by atoms with Crippen LogP contribution in [-0.4, -0.2) is 21.4 Å². The molecule has 1 atom stereocenters. The summed E-state index contributed by atoms with van der Waals surface area (Å²) in [5.41, 5.74) is 0. The van der Waals surface area contributed by atoms with Crippen LogP contribution in [0.2, 0.25) is 0 Å². The fraction of sp³-hybridized carbons (Fsp3) is 0.867. The van der Waals surface area contributed by atoms with Crippen LogP contribution in [0.25, 0.3) is 0 Å². The van der Waals surface area contributed by atoms with Crippen molar-refractivity contribution in [3.8, 4) is 0 Å². The van der Waals surface area contributed by atoms with Crippen LogP contribution in [0.5, 0.6) is 0 Å². The molecule has 4 nitrogen and oxygen atoms in total. The van der Waals surface area contributed by atoms with Crippen LogP contribution in [0.4, 0.5) is 0 Å². The van der Waals surface area contributed by atoms with Crippen LogP contribution in [0.15, 0.2) is 4.52 Å². The highest BCUT2D eigenvalue weighted by Gasteiger charge is 2.21. The first-order valence-corrected chi connectivity index (χ1v) is 7.67. The number of nitrogens with zero attached hydrogens (tertiary/aromatic N) is 2. The van der Waals surface area contributed by atoms with Gasteiger partial charge >= 0.3 is 0 Å². The van der Waals surface area contributed by atoms with Gasteiger partial charge in [-0.05, 0) is 18.8 Å². The third kappa shape index (κ3) is 4.30.